The van der Waals surface area contributed by atoms with Gasteiger partial charge in [0, 0.05) is 0 Å². The van der Waals surface area contributed by atoms with Gasteiger partial charge in [-0.3, -0.25) is 19.3 Å². The molecule has 0 unspecified atom stereocenters. The number of esters is 1. The second-order valence-electron chi connectivity index (χ2n) is 7.03. The monoisotopic (exact) mass is 383 g/mol. The molecule has 146 valence electrons. The standard InChI is InChI=1S/C20H21N3O5/c1-12(23-18(25)14-7-3-4-8-15(14)19(23)26)20(27)28-11-17(24)22-16-9-5-2-6-13(16)10-21/h2,5-6,9,12,14-15H,3-4,7-8,11H2,1H3,(H,22,24)/t12-,14-,15-/m0/s1. The van der Waals surface area contributed by atoms with E-state index in [4.69, 9.17) is 10.00 Å². The molecule has 8 heteroatoms. The molecule has 1 aliphatic heterocycles. The van der Waals surface area contributed by atoms with Gasteiger partial charge in [-0.25, -0.2) is 4.79 Å². The Morgan fingerprint density at radius 3 is 2.43 bits per heavy atom. The third-order valence-electron chi connectivity index (χ3n) is 5.27. The van der Waals surface area contributed by atoms with Gasteiger partial charge in [-0.2, -0.15) is 5.26 Å². The highest BCUT2D eigenvalue weighted by molar-refractivity contribution is 6.08. The van der Waals surface area contributed by atoms with Crippen molar-refractivity contribution >= 4 is 29.4 Å². The normalized spacial score (nSPS) is 22.2. The molecule has 0 spiro atoms. The lowest BCUT2D eigenvalue weighted by molar-refractivity contribution is -0.159. The minimum Gasteiger partial charge on any atom is -0.454 e. The number of nitrogens with one attached hydrogen (secondary N) is 1. The Bertz CT molecular complexity index is 836. The van der Waals surface area contributed by atoms with Crippen LogP contribution in [0.25, 0.3) is 0 Å². The van der Waals surface area contributed by atoms with Crippen LogP contribution in [0, 0.1) is 23.2 Å². The van der Waals surface area contributed by atoms with Crippen molar-refractivity contribution in [2.24, 2.45) is 11.8 Å². The number of hydrogen-bond donors (Lipinski definition) is 1. The predicted octanol–water partition coefficient (Wildman–Crippen LogP) is 1.60. The van der Waals surface area contributed by atoms with Gasteiger partial charge in [0.05, 0.1) is 23.1 Å². The minimum atomic E-state index is -1.08. The van der Waals surface area contributed by atoms with Crippen molar-refractivity contribution in [3.05, 3.63) is 29.8 Å². The third-order valence-corrected chi connectivity index (χ3v) is 5.27. The number of fused-ring (bicyclic) bond motifs is 1. The maximum Gasteiger partial charge on any atom is 0.329 e. The number of para-hydroxylation sites is 1. The molecule has 0 radical (unpaired) electrons. The van der Waals surface area contributed by atoms with Crippen LogP contribution in [0.1, 0.15) is 38.2 Å². The van der Waals surface area contributed by atoms with Crippen molar-refractivity contribution in [1.29, 1.82) is 5.26 Å². The Morgan fingerprint density at radius 2 is 1.82 bits per heavy atom. The van der Waals surface area contributed by atoms with Crippen molar-refractivity contribution in [2.75, 3.05) is 11.9 Å². The third kappa shape index (κ3) is 3.74. The Hall–Kier alpha value is -3.21. The first kappa shape index (κ1) is 19.5. The second kappa shape index (κ2) is 8.21. The van der Waals surface area contributed by atoms with E-state index in [0.29, 0.717) is 18.5 Å². The maximum absolute atomic E-state index is 12.5. The Morgan fingerprint density at radius 1 is 1.21 bits per heavy atom. The zero-order chi connectivity index (χ0) is 20.3. The highest BCUT2D eigenvalue weighted by Crippen LogP contribution is 2.38. The maximum atomic E-state index is 12.5. The summed E-state index contributed by atoms with van der Waals surface area (Å²) in [5.74, 6) is -2.78. The van der Waals surface area contributed by atoms with Crippen molar-refractivity contribution in [3.8, 4) is 6.07 Å². The predicted molar refractivity (Wildman–Crippen MR) is 97.5 cm³/mol. The highest BCUT2D eigenvalue weighted by Gasteiger charge is 2.51. The summed E-state index contributed by atoms with van der Waals surface area (Å²) < 4.78 is 4.99. The number of benzene rings is 1. The molecular weight excluding hydrogens is 362 g/mol. The van der Waals surface area contributed by atoms with Gasteiger partial charge in [-0.15, -0.1) is 0 Å². The molecule has 2 aliphatic rings. The number of rotatable bonds is 5. The molecule has 3 atom stereocenters. The first-order chi connectivity index (χ1) is 13.4. The van der Waals surface area contributed by atoms with Gasteiger partial charge in [-0.05, 0) is 31.9 Å². The topological polar surface area (TPSA) is 117 Å². The van der Waals surface area contributed by atoms with Crippen LogP contribution >= 0.6 is 0 Å². The number of carbonyl (C=O) groups excluding carboxylic acids is 4. The lowest BCUT2D eigenvalue weighted by Gasteiger charge is -2.21. The van der Waals surface area contributed by atoms with Crippen molar-refractivity contribution in [1.82, 2.24) is 4.90 Å². The number of amides is 3. The number of carbonyl (C=O) groups is 4. The van der Waals surface area contributed by atoms with Crippen LogP contribution < -0.4 is 5.32 Å². The largest absolute Gasteiger partial charge is 0.454 e. The van der Waals surface area contributed by atoms with E-state index in [2.05, 4.69) is 5.32 Å². The summed E-state index contributed by atoms with van der Waals surface area (Å²) in [5, 5.41) is 11.5. The molecule has 0 bridgehead atoms. The molecule has 1 aromatic rings. The second-order valence-corrected chi connectivity index (χ2v) is 7.03. The summed E-state index contributed by atoms with van der Waals surface area (Å²) in [6, 6.07) is 7.31. The SMILES string of the molecule is C[C@@H](C(=O)OCC(=O)Nc1ccccc1C#N)N1C(=O)[C@H]2CCCC[C@@H]2C1=O. The van der Waals surface area contributed by atoms with Gasteiger partial charge < -0.3 is 10.1 Å². The van der Waals surface area contributed by atoms with Gasteiger partial charge in [0.1, 0.15) is 12.1 Å². The average Bonchev–Trinajstić information content (AvgIpc) is 2.96. The Kier molecular flexibility index (Phi) is 5.73. The van der Waals surface area contributed by atoms with E-state index in [0.717, 1.165) is 17.7 Å². The molecule has 0 aromatic heterocycles. The van der Waals surface area contributed by atoms with Crippen LogP contribution in [0.5, 0.6) is 0 Å². The van der Waals surface area contributed by atoms with Gasteiger partial charge >= 0.3 is 5.97 Å². The van der Waals surface area contributed by atoms with Gasteiger partial charge in [0.2, 0.25) is 11.8 Å². The fraction of sp³-hybridized carbons (Fsp3) is 0.450. The first-order valence-corrected chi connectivity index (χ1v) is 9.26. The number of nitriles is 1. The highest BCUT2D eigenvalue weighted by atomic mass is 16.5. The van der Waals surface area contributed by atoms with Crippen LogP contribution in [-0.4, -0.2) is 41.2 Å². The molecule has 28 heavy (non-hydrogen) atoms. The molecule has 2 fully saturated rings. The van der Waals surface area contributed by atoms with Crippen LogP contribution in [0.3, 0.4) is 0 Å². The summed E-state index contributed by atoms with van der Waals surface area (Å²) in [6.07, 6.45) is 3.12. The van der Waals surface area contributed by atoms with Crippen molar-refractivity contribution in [2.45, 2.75) is 38.6 Å². The van der Waals surface area contributed by atoms with E-state index in [-0.39, 0.29) is 29.2 Å². The van der Waals surface area contributed by atoms with Gasteiger partial charge in [-0.1, -0.05) is 25.0 Å². The molecule has 3 amide bonds. The fourth-order valence-electron chi connectivity index (χ4n) is 3.81. The lowest BCUT2D eigenvalue weighted by Crippen LogP contribution is -2.45. The van der Waals surface area contributed by atoms with E-state index < -0.39 is 24.5 Å². The molecule has 1 N–H and O–H groups in total. The number of likely N-dealkylation sites (tertiary alicyclic amines) is 1. The molecular formula is C20H21N3O5. The molecule has 1 aliphatic carbocycles. The van der Waals surface area contributed by atoms with Crippen LogP contribution in [0.2, 0.25) is 0 Å². The summed E-state index contributed by atoms with van der Waals surface area (Å²) in [7, 11) is 0. The molecule has 8 nitrogen and oxygen atoms in total. The van der Waals surface area contributed by atoms with Crippen molar-refractivity contribution < 1.29 is 23.9 Å². The molecule has 1 saturated heterocycles. The smallest absolute Gasteiger partial charge is 0.329 e. The fourth-order valence-corrected chi connectivity index (χ4v) is 3.81. The van der Waals surface area contributed by atoms with Gasteiger partial charge in [0.15, 0.2) is 6.61 Å². The molecule has 1 saturated carbocycles. The number of ether oxygens (including phenoxy) is 1. The van der Waals surface area contributed by atoms with E-state index >= 15 is 0 Å². The Labute approximate surface area is 162 Å². The number of nitrogens with zero attached hydrogens (tertiary/aromatic N) is 2. The van der Waals surface area contributed by atoms with E-state index in [1.165, 1.54) is 6.92 Å². The van der Waals surface area contributed by atoms with Crippen LogP contribution in [-0.2, 0) is 23.9 Å². The van der Waals surface area contributed by atoms with Crippen LogP contribution in [0.4, 0.5) is 5.69 Å². The summed E-state index contributed by atoms with van der Waals surface area (Å²) in [4.78, 5) is 50.4. The van der Waals surface area contributed by atoms with E-state index in [9.17, 15) is 19.2 Å². The number of imide groups is 1. The lowest BCUT2D eigenvalue weighted by atomic mass is 9.81. The molecule has 1 heterocycles. The quantitative estimate of drug-likeness (QED) is 0.610. The molecule has 3 rings (SSSR count). The summed E-state index contributed by atoms with van der Waals surface area (Å²) >= 11 is 0. The Balaban J connectivity index is 1.57. The summed E-state index contributed by atoms with van der Waals surface area (Å²) in [5.41, 5.74) is 0.597. The summed E-state index contributed by atoms with van der Waals surface area (Å²) in [6.45, 7) is 0.852. The zero-order valence-corrected chi connectivity index (χ0v) is 15.5. The van der Waals surface area contributed by atoms with Gasteiger partial charge in [0.25, 0.3) is 5.91 Å². The average molecular weight is 383 g/mol. The van der Waals surface area contributed by atoms with Crippen molar-refractivity contribution in [3.63, 3.8) is 0 Å². The zero-order valence-electron chi connectivity index (χ0n) is 15.5. The minimum absolute atomic E-state index is 0.284. The van der Waals surface area contributed by atoms with E-state index in [1.54, 1.807) is 24.3 Å². The van der Waals surface area contributed by atoms with E-state index in [1.807, 2.05) is 6.07 Å². The number of hydrogen-bond acceptors (Lipinski definition) is 6. The molecule has 1 aromatic carbocycles. The number of anilines is 1. The van der Waals surface area contributed by atoms with Crippen LogP contribution in [0.15, 0.2) is 24.3 Å². The first-order valence-electron chi connectivity index (χ1n) is 9.26.